The van der Waals surface area contributed by atoms with E-state index in [0.29, 0.717) is 11.3 Å². The number of amides is 1. The molecule has 1 aromatic heterocycles. The van der Waals surface area contributed by atoms with Crippen LogP contribution in [0.1, 0.15) is 6.92 Å². The molecular formula is C17H13F2N3O3. The molecular weight excluding hydrogens is 332 g/mol. The number of benzene rings is 2. The predicted octanol–water partition coefficient (Wildman–Crippen LogP) is 3.42. The third kappa shape index (κ3) is 4.17. The minimum atomic E-state index is -0.863. The normalized spacial score (nSPS) is 11.8. The molecule has 0 spiro atoms. The van der Waals surface area contributed by atoms with Crippen LogP contribution in [0.3, 0.4) is 0 Å². The van der Waals surface area contributed by atoms with Crippen molar-refractivity contribution in [3.05, 3.63) is 60.2 Å². The SMILES string of the molecule is C[C@H](Oc1ccc(F)cc1)C(=O)Nc1noc(-c2ccc(F)cc2)n1. The first-order valence-corrected chi connectivity index (χ1v) is 7.34. The van der Waals surface area contributed by atoms with Crippen LogP contribution in [-0.2, 0) is 4.79 Å². The van der Waals surface area contributed by atoms with Crippen molar-refractivity contribution < 1.29 is 22.8 Å². The van der Waals surface area contributed by atoms with Crippen LogP contribution < -0.4 is 10.1 Å². The summed E-state index contributed by atoms with van der Waals surface area (Å²) in [6.45, 7) is 1.53. The van der Waals surface area contributed by atoms with Crippen molar-refractivity contribution in [2.24, 2.45) is 0 Å². The van der Waals surface area contributed by atoms with Gasteiger partial charge in [0.1, 0.15) is 17.4 Å². The van der Waals surface area contributed by atoms with E-state index in [9.17, 15) is 13.6 Å². The standard InChI is InChI=1S/C17H13F2N3O3/c1-10(24-14-8-6-13(19)7-9-14)15(23)20-17-21-16(25-22-17)11-2-4-12(18)5-3-11/h2-10H,1H3,(H,20,22,23)/t10-/m0/s1. The fourth-order valence-electron chi connectivity index (χ4n) is 1.97. The van der Waals surface area contributed by atoms with Gasteiger partial charge in [-0.3, -0.25) is 10.1 Å². The molecule has 0 fully saturated rings. The first-order chi connectivity index (χ1) is 12.0. The molecule has 0 unspecified atom stereocenters. The molecule has 3 rings (SSSR count). The molecule has 1 atom stereocenters. The molecule has 0 radical (unpaired) electrons. The summed E-state index contributed by atoms with van der Waals surface area (Å²) < 4.78 is 36.2. The molecule has 3 aromatic rings. The van der Waals surface area contributed by atoms with E-state index in [1.165, 1.54) is 55.5 Å². The van der Waals surface area contributed by atoms with Crippen LogP contribution in [0.4, 0.5) is 14.7 Å². The molecule has 0 bridgehead atoms. The minimum Gasteiger partial charge on any atom is -0.481 e. The van der Waals surface area contributed by atoms with Gasteiger partial charge in [0.15, 0.2) is 6.10 Å². The third-order valence-electron chi connectivity index (χ3n) is 3.25. The van der Waals surface area contributed by atoms with Crippen molar-refractivity contribution in [3.8, 4) is 17.2 Å². The number of halogens is 2. The maximum Gasteiger partial charge on any atom is 0.270 e. The molecule has 0 saturated heterocycles. The van der Waals surface area contributed by atoms with Gasteiger partial charge in [0.25, 0.3) is 17.7 Å². The number of rotatable bonds is 5. The largest absolute Gasteiger partial charge is 0.481 e. The Labute approximate surface area is 141 Å². The zero-order chi connectivity index (χ0) is 17.8. The molecule has 8 heteroatoms. The molecule has 6 nitrogen and oxygen atoms in total. The lowest BCUT2D eigenvalue weighted by Gasteiger charge is -2.13. The van der Waals surface area contributed by atoms with Crippen LogP contribution >= 0.6 is 0 Å². The Hall–Kier alpha value is -3.29. The van der Waals surface area contributed by atoms with Crippen molar-refractivity contribution in [1.29, 1.82) is 0 Å². The summed E-state index contributed by atoms with van der Waals surface area (Å²) in [5.41, 5.74) is 0.519. The van der Waals surface area contributed by atoms with Gasteiger partial charge in [-0.15, -0.1) is 0 Å². The highest BCUT2D eigenvalue weighted by Gasteiger charge is 2.18. The lowest BCUT2D eigenvalue weighted by molar-refractivity contribution is -0.122. The summed E-state index contributed by atoms with van der Waals surface area (Å²) in [5.74, 6) is -0.839. The average molecular weight is 345 g/mol. The maximum atomic E-state index is 12.9. The van der Waals surface area contributed by atoms with Gasteiger partial charge >= 0.3 is 0 Å². The highest BCUT2D eigenvalue weighted by Crippen LogP contribution is 2.19. The average Bonchev–Trinajstić information content (AvgIpc) is 3.06. The molecule has 2 aromatic carbocycles. The highest BCUT2D eigenvalue weighted by atomic mass is 19.1. The monoisotopic (exact) mass is 345 g/mol. The molecule has 128 valence electrons. The van der Waals surface area contributed by atoms with E-state index in [0.717, 1.165) is 0 Å². The number of carbonyl (C=O) groups is 1. The van der Waals surface area contributed by atoms with Gasteiger partial charge in [0.05, 0.1) is 0 Å². The van der Waals surface area contributed by atoms with Crippen LogP contribution in [0.25, 0.3) is 11.5 Å². The maximum absolute atomic E-state index is 12.9. The van der Waals surface area contributed by atoms with Gasteiger partial charge in [0, 0.05) is 5.56 Å². The first kappa shape index (κ1) is 16.6. The van der Waals surface area contributed by atoms with Crippen LogP contribution in [-0.4, -0.2) is 22.2 Å². The Morgan fingerprint density at radius 1 is 1.08 bits per heavy atom. The fourth-order valence-corrected chi connectivity index (χ4v) is 1.97. The third-order valence-corrected chi connectivity index (χ3v) is 3.25. The Morgan fingerprint density at radius 3 is 2.32 bits per heavy atom. The molecule has 25 heavy (non-hydrogen) atoms. The van der Waals surface area contributed by atoms with Crippen molar-refractivity contribution in [3.63, 3.8) is 0 Å². The van der Waals surface area contributed by atoms with E-state index in [1.54, 1.807) is 0 Å². The zero-order valence-corrected chi connectivity index (χ0v) is 13.1. The second-order valence-corrected chi connectivity index (χ2v) is 5.13. The number of nitrogens with one attached hydrogen (secondary N) is 1. The van der Waals surface area contributed by atoms with Crippen LogP contribution in [0.5, 0.6) is 5.75 Å². The zero-order valence-electron chi connectivity index (χ0n) is 13.1. The lowest BCUT2D eigenvalue weighted by Crippen LogP contribution is -2.30. The van der Waals surface area contributed by atoms with Crippen LogP contribution in [0.15, 0.2) is 53.1 Å². The lowest BCUT2D eigenvalue weighted by atomic mass is 10.2. The van der Waals surface area contributed by atoms with Gasteiger partial charge in [-0.1, -0.05) is 0 Å². The van der Waals surface area contributed by atoms with Gasteiger partial charge in [-0.2, -0.15) is 4.98 Å². The summed E-state index contributed by atoms with van der Waals surface area (Å²) in [5, 5.41) is 6.09. The number of nitrogens with zero attached hydrogens (tertiary/aromatic N) is 2. The minimum absolute atomic E-state index is 0.0427. The molecule has 0 aliphatic carbocycles. The summed E-state index contributed by atoms with van der Waals surface area (Å²) in [6.07, 6.45) is -0.863. The number of aromatic nitrogens is 2. The summed E-state index contributed by atoms with van der Waals surface area (Å²) >= 11 is 0. The summed E-state index contributed by atoms with van der Waals surface area (Å²) in [6, 6.07) is 10.8. The van der Waals surface area contributed by atoms with E-state index < -0.39 is 17.8 Å². The van der Waals surface area contributed by atoms with Crippen LogP contribution in [0, 0.1) is 11.6 Å². The smallest absolute Gasteiger partial charge is 0.270 e. The van der Waals surface area contributed by atoms with E-state index in [-0.39, 0.29) is 17.7 Å². The number of ether oxygens (including phenoxy) is 1. The van der Waals surface area contributed by atoms with Crippen molar-refractivity contribution in [2.75, 3.05) is 5.32 Å². The Bertz CT molecular complexity index is 864. The van der Waals surface area contributed by atoms with E-state index in [4.69, 9.17) is 9.26 Å². The number of anilines is 1. The van der Waals surface area contributed by atoms with E-state index >= 15 is 0 Å². The fraction of sp³-hybridized carbons (Fsp3) is 0.118. The topological polar surface area (TPSA) is 77.2 Å². The van der Waals surface area contributed by atoms with Gasteiger partial charge in [-0.25, -0.2) is 8.78 Å². The van der Waals surface area contributed by atoms with E-state index in [2.05, 4.69) is 15.5 Å². The molecule has 0 saturated carbocycles. The van der Waals surface area contributed by atoms with Gasteiger partial charge in [-0.05, 0) is 60.6 Å². The summed E-state index contributed by atoms with van der Waals surface area (Å²) in [7, 11) is 0. The van der Waals surface area contributed by atoms with Gasteiger partial charge in [0.2, 0.25) is 0 Å². The quantitative estimate of drug-likeness (QED) is 0.767. The molecule has 0 aliphatic rings. The molecule has 1 heterocycles. The number of carbonyl (C=O) groups excluding carboxylic acids is 1. The Balaban J connectivity index is 1.62. The number of hydrogen-bond acceptors (Lipinski definition) is 5. The first-order valence-electron chi connectivity index (χ1n) is 7.34. The van der Waals surface area contributed by atoms with Crippen molar-refractivity contribution >= 4 is 11.9 Å². The summed E-state index contributed by atoms with van der Waals surface area (Å²) in [4.78, 5) is 16.1. The van der Waals surface area contributed by atoms with Gasteiger partial charge < -0.3 is 9.26 Å². The molecule has 1 amide bonds. The highest BCUT2D eigenvalue weighted by molar-refractivity contribution is 5.92. The second kappa shape index (κ2) is 7.08. The van der Waals surface area contributed by atoms with E-state index in [1.807, 2.05) is 0 Å². The second-order valence-electron chi connectivity index (χ2n) is 5.13. The Morgan fingerprint density at radius 2 is 1.68 bits per heavy atom. The van der Waals surface area contributed by atoms with Crippen LogP contribution in [0.2, 0.25) is 0 Å². The number of hydrogen-bond donors (Lipinski definition) is 1. The Kier molecular flexibility index (Phi) is 4.69. The predicted molar refractivity (Wildman–Crippen MR) is 84.8 cm³/mol. The molecule has 0 aliphatic heterocycles. The van der Waals surface area contributed by atoms with Crippen molar-refractivity contribution in [1.82, 2.24) is 10.1 Å². The molecule has 1 N–H and O–H groups in total. The van der Waals surface area contributed by atoms with Crippen molar-refractivity contribution in [2.45, 2.75) is 13.0 Å².